The van der Waals surface area contributed by atoms with Crippen molar-refractivity contribution in [3.05, 3.63) is 0 Å². The molecular weight excluding hydrogens is 354 g/mol. The van der Waals surface area contributed by atoms with Crippen LogP contribution in [0.15, 0.2) is 4.99 Å². The summed E-state index contributed by atoms with van der Waals surface area (Å²) in [6.07, 6.45) is 6.27. The van der Waals surface area contributed by atoms with Crippen LogP contribution in [0.25, 0.3) is 0 Å². The summed E-state index contributed by atoms with van der Waals surface area (Å²) < 4.78 is 27.4. The van der Waals surface area contributed by atoms with Crippen LogP contribution in [-0.4, -0.2) is 53.4 Å². The zero-order chi connectivity index (χ0) is 19.2. The minimum Gasteiger partial charge on any atom is -0.481 e. The third-order valence-electron chi connectivity index (χ3n) is 7.03. The Morgan fingerprint density at radius 3 is 2.59 bits per heavy atom. The van der Waals surface area contributed by atoms with Gasteiger partial charge < -0.3 is 5.11 Å². The van der Waals surface area contributed by atoms with Crippen molar-refractivity contribution in [2.75, 3.05) is 19.6 Å². The van der Waals surface area contributed by atoms with Gasteiger partial charge in [0.25, 0.3) is 5.92 Å². The number of nitrogens with one attached hydrogen (secondary N) is 1. The van der Waals surface area contributed by atoms with Crippen molar-refractivity contribution < 1.29 is 18.7 Å². The highest BCUT2D eigenvalue weighted by atomic mass is 19.3. The van der Waals surface area contributed by atoms with E-state index >= 15 is 0 Å². The Labute approximate surface area is 157 Å². The first-order chi connectivity index (χ1) is 12.8. The molecule has 2 N–H and O–H groups in total. The molecule has 8 heteroatoms. The number of aliphatic imine (C=N–C) groups is 1. The Morgan fingerprint density at radius 2 is 2.00 bits per heavy atom. The van der Waals surface area contributed by atoms with E-state index in [4.69, 9.17) is 10.3 Å². The number of carbonyl (C=O) groups is 1. The summed E-state index contributed by atoms with van der Waals surface area (Å²) in [7, 11) is 0. The van der Waals surface area contributed by atoms with E-state index in [0.717, 1.165) is 19.3 Å². The van der Waals surface area contributed by atoms with Crippen LogP contribution in [-0.2, 0) is 4.79 Å². The van der Waals surface area contributed by atoms with E-state index in [-0.39, 0.29) is 37.4 Å². The zero-order valence-electron chi connectivity index (χ0n) is 15.3. The molecule has 1 aliphatic heterocycles. The van der Waals surface area contributed by atoms with Gasteiger partial charge in [0.2, 0.25) is 0 Å². The average molecular weight is 380 g/mol. The molecule has 5 fully saturated rings. The van der Waals surface area contributed by atoms with Gasteiger partial charge in [-0.15, -0.1) is 0 Å². The van der Waals surface area contributed by atoms with Gasteiger partial charge in [0, 0.05) is 6.42 Å². The van der Waals surface area contributed by atoms with Crippen LogP contribution in [0.3, 0.4) is 0 Å². The summed E-state index contributed by atoms with van der Waals surface area (Å²) in [5.74, 6) is -2.05. The molecule has 2 atom stereocenters. The fraction of sp³-hybridized carbons (Fsp3) is 0.842. The highest BCUT2D eigenvalue weighted by Gasteiger charge is 2.58. The van der Waals surface area contributed by atoms with Crippen LogP contribution >= 0.6 is 0 Å². The number of likely N-dealkylation sites (tertiary alicyclic amines) is 1. The average Bonchev–Trinajstić information content (AvgIpc) is 2.56. The molecule has 0 aromatic heterocycles. The number of halogens is 2. The molecule has 0 amide bonds. The van der Waals surface area contributed by atoms with E-state index in [9.17, 15) is 18.7 Å². The normalized spacial score (nSPS) is 40.6. The molecule has 4 saturated carbocycles. The summed E-state index contributed by atoms with van der Waals surface area (Å²) in [5, 5.41) is 21.4. The number of rotatable bonds is 4. The summed E-state index contributed by atoms with van der Waals surface area (Å²) in [6.45, 7) is 0.483. The van der Waals surface area contributed by atoms with Crippen LogP contribution < -0.4 is 5.32 Å². The molecule has 1 saturated heterocycles. The molecule has 0 radical (unpaired) electrons. The second kappa shape index (κ2) is 6.69. The number of piperidine rings is 1. The second-order valence-corrected chi connectivity index (χ2v) is 9.03. The molecule has 6 nitrogen and oxygen atoms in total. The number of alkyl halides is 2. The fourth-order valence-electron chi connectivity index (χ4n) is 6.22. The van der Waals surface area contributed by atoms with Gasteiger partial charge in [-0.05, 0) is 62.8 Å². The number of hydrogen-bond donors (Lipinski definition) is 2. The first-order valence-corrected chi connectivity index (χ1v) is 9.86. The van der Waals surface area contributed by atoms with E-state index in [1.807, 2.05) is 6.19 Å². The van der Waals surface area contributed by atoms with Crippen molar-refractivity contribution in [1.82, 2.24) is 10.2 Å². The molecule has 148 valence electrons. The summed E-state index contributed by atoms with van der Waals surface area (Å²) in [4.78, 5) is 18.3. The smallest absolute Gasteiger partial charge is 0.309 e. The van der Waals surface area contributed by atoms with Gasteiger partial charge in [0.05, 0.1) is 24.5 Å². The summed E-state index contributed by atoms with van der Waals surface area (Å²) in [5.41, 5.74) is -0.597. The number of amidine groups is 1. The Hall–Kier alpha value is -1.75. The maximum atomic E-state index is 13.7. The van der Waals surface area contributed by atoms with Crippen molar-refractivity contribution in [2.45, 2.75) is 56.9 Å². The predicted molar refractivity (Wildman–Crippen MR) is 94.2 cm³/mol. The lowest BCUT2D eigenvalue weighted by Crippen LogP contribution is -2.56. The first kappa shape index (κ1) is 18.6. The SMILES string of the molecule is N#CNC(CN1CCCC(F)(F)C1)=NC1C2CC3CC1CC(C(=O)O)(C3)C2. The molecule has 0 spiro atoms. The van der Waals surface area contributed by atoms with Crippen molar-refractivity contribution in [3.8, 4) is 6.19 Å². The standard InChI is InChI=1S/C19H26F2N4O2/c20-19(21)2-1-3-25(10-19)9-15(23-11-22)24-16-13-4-12-5-14(16)8-18(6-12,7-13)17(26)27/h12-14,16H,1-10H2,(H,23,24)(H,26,27). The van der Waals surface area contributed by atoms with E-state index in [0.29, 0.717) is 37.6 Å². The topological polar surface area (TPSA) is 88.7 Å². The molecule has 4 aliphatic carbocycles. The number of carboxylic acid groups (broad SMARTS) is 1. The van der Waals surface area contributed by atoms with Gasteiger partial charge in [0.1, 0.15) is 5.84 Å². The Kier molecular flexibility index (Phi) is 4.61. The third-order valence-corrected chi connectivity index (χ3v) is 7.03. The van der Waals surface area contributed by atoms with Gasteiger partial charge >= 0.3 is 5.97 Å². The quantitative estimate of drug-likeness (QED) is 0.339. The van der Waals surface area contributed by atoms with Gasteiger partial charge in [-0.1, -0.05) is 0 Å². The minimum absolute atomic E-state index is 0.00447. The lowest BCUT2D eigenvalue weighted by molar-refractivity contribution is -0.166. The van der Waals surface area contributed by atoms with Gasteiger partial charge in [-0.2, -0.15) is 5.26 Å². The third kappa shape index (κ3) is 3.54. The molecule has 5 aliphatic rings. The van der Waals surface area contributed by atoms with Gasteiger partial charge in [-0.3, -0.25) is 20.0 Å². The predicted octanol–water partition coefficient (Wildman–Crippen LogP) is 2.47. The van der Waals surface area contributed by atoms with Crippen LogP contribution in [0.4, 0.5) is 8.78 Å². The Morgan fingerprint density at radius 1 is 1.30 bits per heavy atom. The molecule has 2 unspecified atom stereocenters. The largest absolute Gasteiger partial charge is 0.481 e. The van der Waals surface area contributed by atoms with E-state index in [1.54, 1.807) is 4.90 Å². The van der Waals surface area contributed by atoms with Gasteiger partial charge in [-0.25, -0.2) is 8.78 Å². The lowest BCUT2D eigenvalue weighted by Gasteiger charge is -2.57. The molecular formula is C19H26F2N4O2. The first-order valence-electron chi connectivity index (χ1n) is 9.86. The monoisotopic (exact) mass is 380 g/mol. The molecule has 1 heterocycles. The fourth-order valence-corrected chi connectivity index (χ4v) is 6.22. The Bertz CT molecular complexity index is 674. The maximum absolute atomic E-state index is 13.7. The van der Waals surface area contributed by atoms with Crippen molar-refractivity contribution in [2.24, 2.45) is 28.2 Å². The van der Waals surface area contributed by atoms with Crippen LogP contribution in [0.5, 0.6) is 0 Å². The second-order valence-electron chi connectivity index (χ2n) is 9.03. The number of hydrogen-bond acceptors (Lipinski definition) is 4. The summed E-state index contributed by atoms with van der Waals surface area (Å²) >= 11 is 0. The molecule has 0 aromatic rings. The van der Waals surface area contributed by atoms with Crippen LogP contribution in [0, 0.1) is 34.6 Å². The maximum Gasteiger partial charge on any atom is 0.309 e. The van der Waals surface area contributed by atoms with E-state index < -0.39 is 17.3 Å². The summed E-state index contributed by atoms with van der Waals surface area (Å²) in [6, 6.07) is -0.00447. The molecule has 4 bridgehead atoms. The number of carboxylic acids is 1. The van der Waals surface area contributed by atoms with E-state index in [2.05, 4.69) is 5.32 Å². The van der Waals surface area contributed by atoms with E-state index in [1.165, 1.54) is 0 Å². The van der Waals surface area contributed by atoms with Crippen LogP contribution in [0.1, 0.15) is 44.9 Å². The minimum atomic E-state index is -2.69. The molecule has 27 heavy (non-hydrogen) atoms. The number of nitriles is 1. The molecule has 5 rings (SSSR count). The zero-order valence-corrected chi connectivity index (χ0v) is 15.3. The molecule has 0 aromatic carbocycles. The van der Waals surface area contributed by atoms with Crippen LogP contribution in [0.2, 0.25) is 0 Å². The number of nitrogens with zero attached hydrogens (tertiary/aromatic N) is 3. The number of aliphatic carboxylic acids is 1. The van der Waals surface area contributed by atoms with Crippen molar-refractivity contribution >= 4 is 11.8 Å². The van der Waals surface area contributed by atoms with Crippen molar-refractivity contribution in [3.63, 3.8) is 0 Å². The van der Waals surface area contributed by atoms with Crippen molar-refractivity contribution in [1.29, 1.82) is 5.26 Å². The highest BCUT2D eigenvalue weighted by molar-refractivity contribution is 5.85. The highest BCUT2D eigenvalue weighted by Crippen LogP contribution is 2.60. The lowest BCUT2D eigenvalue weighted by atomic mass is 9.48. The van der Waals surface area contributed by atoms with Gasteiger partial charge in [0.15, 0.2) is 6.19 Å². The Balaban J connectivity index is 1.51.